The molecule has 1 atom stereocenters. The van der Waals surface area contributed by atoms with Crippen LogP contribution in [0.1, 0.15) is 42.4 Å². The second-order valence-electron chi connectivity index (χ2n) is 11.7. The monoisotopic (exact) mass is 677 g/mol. The van der Waals surface area contributed by atoms with Gasteiger partial charge in [-0.25, -0.2) is 8.42 Å². The lowest BCUT2D eigenvalue weighted by Gasteiger charge is -2.34. The van der Waals surface area contributed by atoms with Crippen molar-refractivity contribution in [3.8, 4) is 0 Å². The summed E-state index contributed by atoms with van der Waals surface area (Å²) in [6.07, 6.45) is 4.11. The molecule has 4 aromatic carbocycles. The van der Waals surface area contributed by atoms with Gasteiger partial charge < -0.3 is 10.2 Å². The van der Waals surface area contributed by atoms with E-state index in [1.54, 1.807) is 18.2 Å². The molecule has 0 unspecified atom stereocenters. The Hall–Kier alpha value is -3.85. The topological polar surface area (TPSA) is 86.8 Å². The highest BCUT2D eigenvalue weighted by Crippen LogP contribution is 2.28. The van der Waals surface area contributed by atoms with Gasteiger partial charge in [0.1, 0.15) is 12.6 Å². The molecule has 0 heterocycles. The number of benzene rings is 4. The average molecular weight is 679 g/mol. The van der Waals surface area contributed by atoms with Crippen molar-refractivity contribution in [1.29, 1.82) is 0 Å². The molecular formula is C36H37Cl2N3O4S. The maximum absolute atomic E-state index is 14.6. The third-order valence-electron chi connectivity index (χ3n) is 8.18. The Morgan fingerprint density at radius 3 is 2.17 bits per heavy atom. The number of hydrogen-bond donors (Lipinski definition) is 1. The first-order valence-corrected chi connectivity index (χ1v) is 17.5. The molecule has 2 amide bonds. The minimum atomic E-state index is -4.25. The van der Waals surface area contributed by atoms with Crippen molar-refractivity contribution in [2.24, 2.45) is 0 Å². The van der Waals surface area contributed by atoms with Crippen LogP contribution in [0.3, 0.4) is 0 Å². The Bertz CT molecular complexity index is 1760. The first-order chi connectivity index (χ1) is 22.1. The fourth-order valence-corrected chi connectivity index (χ4v) is 7.54. The van der Waals surface area contributed by atoms with Crippen LogP contribution in [0.5, 0.6) is 0 Å². The third kappa shape index (κ3) is 8.49. The third-order valence-corrected chi connectivity index (χ3v) is 10.5. The van der Waals surface area contributed by atoms with Gasteiger partial charge in [-0.05, 0) is 73.4 Å². The SMILES string of the molecule is Cc1cccc(CN(C(=O)CN(c2cccc(Cl)c2)S(=O)(=O)c2ccc(Cl)cc2)[C@@H](Cc2ccccc2)C(=O)NC2CCCC2)c1. The first-order valence-electron chi connectivity index (χ1n) is 15.3. The van der Waals surface area contributed by atoms with E-state index in [2.05, 4.69) is 5.32 Å². The molecule has 1 fully saturated rings. The molecule has 0 aliphatic heterocycles. The summed E-state index contributed by atoms with van der Waals surface area (Å²) in [6.45, 7) is 1.52. The molecule has 7 nitrogen and oxygen atoms in total. The quantitative estimate of drug-likeness (QED) is 0.172. The van der Waals surface area contributed by atoms with Crippen LogP contribution in [0.2, 0.25) is 10.0 Å². The van der Waals surface area contributed by atoms with Crippen LogP contribution in [0.25, 0.3) is 0 Å². The lowest BCUT2D eigenvalue weighted by molar-refractivity contribution is -0.140. The van der Waals surface area contributed by atoms with E-state index in [-0.39, 0.29) is 35.5 Å². The summed E-state index contributed by atoms with van der Waals surface area (Å²) in [5.41, 5.74) is 2.94. The molecule has 1 N–H and O–H groups in total. The summed E-state index contributed by atoms with van der Waals surface area (Å²) in [6, 6.07) is 28.5. The number of nitrogens with zero attached hydrogens (tertiary/aromatic N) is 2. The van der Waals surface area contributed by atoms with Crippen molar-refractivity contribution in [2.75, 3.05) is 10.8 Å². The second kappa shape index (κ2) is 15.2. The van der Waals surface area contributed by atoms with E-state index >= 15 is 0 Å². The summed E-state index contributed by atoms with van der Waals surface area (Å²) in [5.74, 6) is -0.784. The number of hydrogen-bond acceptors (Lipinski definition) is 4. The molecule has 0 radical (unpaired) electrons. The molecule has 1 saturated carbocycles. The smallest absolute Gasteiger partial charge is 0.264 e. The Morgan fingerprint density at radius 2 is 1.50 bits per heavy atom. The van der Waals surface area contributed by atoms with Gasteiger partial charge in [-0.3, -0.25) is 13.9 Å². The number of amides is 2. The van der Waals surface area contributed by atoms with Gasteiger partial charge in [0.05, 0.1) is 10.6 Å². The van der Waals surface area contributed by atoms with Crippen LogP contribution >= 0.6 is 23.2 Å². The highest BCUT2D eigenvalue weighted by atomic mass is 35.5. The van der Waals surface area contributed by atoms with Crippen LogP contribution in [-0.4, -0.2) is 43.8 Å². The molecule has 0 bridgehead atoms. The Kier molecular flexibility index (Phi) is 11.0. The Balaban J connectivity index is 1.57. The predicted molar refractivity (Wildman–Crippen MR) is 183 cm³/mol. The lowest BCUT2D eigenvalue weighted by atomic mass is 10.0. The zero-order valence-corrected chi connectivity index (χ0v) is 27.9. The number of rotatable bonds is 12. The standard InChI is InChI=1S/C36H37Cl2N3O4S/c1-26-9-7-12-28(21-26)24-40(34(22-27-10-3-2-4-11-27)36(43)39-31-14-5-6-15-31)35(42)25-41(32-16-8-13-30(38)23-32)46(44,45)33-19-17-29(37)18-20-33/h2-4,7-13,16-21,23,31,34H,5-6,14-15,22,24-25H2,1H3,(H,39,43)/t34-/m0/s1. The van der Waals surface area contributed by atoms with Crippen LogP contribution in [0, 0.1) is 6.92 Å². The fourth-order valence-electron chi connectivity index (χ4n) is 5.82. The van der Waals surface area contributed by atoms with E-state index in [0.717, 1.165) is 46.7 Å². The van der Waals surface area contributed by atoms with E-state index in [1.165, 1.54) is 35.2 Å². The Labute approximate surface area is 281 Å². The van der Waals surface area contributed by atoms with Gasteiger partial charge >= 0.3 is 0 Å². The van der Waals surface area contributed by atoms with Crippen molar-refractivity contribution in [1.82, 2.24) is 10.2 Å². The first kappa shape index (κ1) is 33.5. The summed E-state index contributed by atoms with van der Waals surface area (Å²) in [5, 5.41) is 3.89. The van der Waals surface area contributed by atoms with Crippen LogP contribution in [0.4, 0.5) is 5.69 Å². The zero-order chi connectivity index (χ0) is 32.7. The van der Waals surface area contributed by atoms with Gasteiger partial charge in [-0.1, -0.05) is 102 Å². The van der Waals surface area contributed by atoms with Gasteiger partial charge in [-0.15, -0.1) is 0 Å². The number of carbonyl (C=O) groups excluding carboxylic acids is 2. The van der Waals surface area contributed by atoms with E-state index < -0.39 is 28.5 Å². The van der Waals surface area contributed by atoms with Crippen LogP contribution in [-0.2, 0) is 32.6 Å². The molecule has 1 aliphatic carbocycles. The van der Waals surface area contributed by atoms with Crippen LogP contribution in [0.15, 0.2) is 108 Å². The molecular weight excluding hydrogens is 641 g/mol. The molecule has 46 heavy (non-hydrogen) atoms. The molecule has 0 saturated heterocycles. The zero-order valence-electron chi connectivity index (χ0n) is 25.6. The maximum Gasteiger partial charge on any atom is 0.264 e. The normalized spacial score (nSPS) is 14.1. The van der Waals surface area contributed by atoms with E-state index in [0.29, 0.717) is 10.0 Å². The Morgan fingerprint density at radius 1 is 0.826 bits per heavy atom. The minimum absolute atomic E-state index is 0.0327. The highest BCUT2D eigenvalue weighted by molar-refractivity contribution is 7.92. The van der Waals surface area contributed by atoms with Crippen molar-refractivity contribution < 1.29 is 18.0 Å². The average Bonchev–Trinajstić information content (AvgIpc) is 3.55. The van der Waals surface area contributed by atoms with E-state index in [1.807, 2.05) is 61.5 Å². The van der Waals surface area contributed by atoms with Crippen molar-refractivity contribution >= 4 is 50.7 Å². The molecule has 0 spiro atoms. The van der Waals surface area contributed by atoms with Crippen molar-refractivity contribution in [2.45, 2.75) is 62.6 Å². The number of anilines is 1. The minimum Gasteiger partial charge on any atom is -0.352 e. The van der Waals surface area contributed by atoms with E-state index in [4.69, 9.17) is 23.2 Å². The largest absolute Gasteiger partial charge is 0.352 e. The van der Waals surface area contributed by atoms with Crippen LogP contribution < -0.4 is 9.62 Å². The van der Waals surface area contributed by atoms with Gasteiger partial charge in [0.25, 0.3) is 10.0 Å². The van der Waals surface area contributed by atoms with Crippen molar-refractivity contribution in [3.63, 3.8) is 0 Å². The van der Waals surface area contributed by atoms with Crippen molar-refractivity contribution in [3.05, 3.63) is 130 Å². The van der Waals surface area contributed by atoms with E-state index in [9.17, 15) is 18.0 Å². The lowest BCUT2D eigenvalue weighted by Crippen LogP contribution is -2.54. The van der Waals surface area contributed by atoms with Gasteiger partial charge in [0, 0.05) is 29.1 Å². The fraction of sp³-hybridized carbons (Fsp3) is 0.278. The maximum atomic E-state index is 14.6. The summed E-state index contributed by atoms with van der Waals surface area (Å²) >= 11 is 12.4. The summed E-state index contributed by atoms with van der Waals surface area (Å²) < 4.78 is 29.3. The molecule has 10 heteroatoms. The molecule has 4 aromatic rings. The van der Waals surface area contributed by atoms with Gasteiger partial charge in [-0.2, -0.15) is 0 Å². The summed E-state index contributed by atoms with van der Waals surface area (Å²) in [4.78, 5) is 30.2. The van der Waals surface area contributed by atoms with Gasteiger partial charge in [0.15, 0.2) is 0 Å². The predicted octanol–water partition coefficient (Wildman–Crippen LogP) is 7.20. The molecule has 5 rings (SSSR count). The molecule has 240 valence electrons. The number of carbonyl (C=O) groups is 2. The number of sulfonamides is 1. The number of halogens is 2. The molecule has 1 aliphatic rings. The number of nitrogens with one attached hydrogen (secondary N) is 1. The summed E-state index contributed by atoms with van der Waals surface area (Å²) in [7, 11) is -4.25. The highest BCUT2D eigenvalue weighted by Gasteiger charge is 2.35. The second-order valence-corrected chi connectivity index (χ2v) is 14.4. The molecule has 0 aromatic heterocycles. The number of aryl methyl sites for hydroxylation is 1. The van der Waals surface area contributed by atoms with Gasteiger partial charge in [0.2, 0.25) is 11.8 Å².